The minimum absolute atomic E-state index is 0.00236. The van der Waals surface area contributed by atoms with Crippen LogP contribution in [-0.4, -0.2) is 109 Å². The van der Waals surface area contributed by atoms with Crippen molar-refractivity contribution >= 4 is 29.5 Å². The van der Waals surface area contributed by atoms with Gasteiger partial charge in [0.1, 0.15) is 55.4 Å². The van der Waals surface area contributed by atoms with Gasteiger partial charge in [-0.1, -0.05) is 49.7 Å². The van der Waals surface area contributed by atoms with Gasteiger partial charge >= 0.3 is 0 Å². The van der Waals surface area contributed by atoms with Crippen LogP contribution >= 0.6 is 0 Å². The number of carbonyl (C=O) groups is 5. The van der Waals surface area contributed by atoms with Crippen LogP contribution in [0.25, 0.3) is 22.5 Å². The summed E-state index contributed by atoms with van der Waals surface area (Å²) in [5.74, 6) is -2.10. The van der Waals surface area contributed by atoms with Crippen molar-refractivity contribution < 1.29 is 33.4 Å². The number of fused-ring (bicyclic) bond motifs is 5. The maximum atomic E-state index is 14.7. The first-order valence-electron chi connectivity index (χ1n) is 21.7. The van der Waals surface area contributed by atoms with Crippen LogP contribution in [0.5, 0.6) is 11.5 Å². The fourth-order valence-corrected chi connectivity index (χ4v) is 7.64. The fraction of sp³-hybridized carbons (Fsp3) is 0.404. The summed E-state index contributed by atoms with van der Waals surface area (Å²) in [5.41, 5.74) is 22.6. The zero-order valence-corrected chi connectivity index (χ0v) is 37.5. The van der Waals surface area contributed by atoms with Gasteiger partial charge in [0.05, 0.1) is 23.0 Å². The first kappa shape index (κ1) is 49.1. The highest BCUT2D eigenvalue weighted by atomic mass is 16.5. The topological polar surface area (TPSA) is 283 Å². The van der Waals surface area contributed by atoms with Crippen LogP contribution in [0.2, 0.25) is 0 Å². The van der Waals surface area contributed by atoms with Crippen molar-refractivity contribution in [3.63, 3.8) is 0 Å². The van der Waals surface area contributed by atoms with E-state index in [0.717, 1.165) is 18.4 Å². The number of nitrogens with zero attached hydrogens (tertiary/aromatic N) is 4. The summed E-state index contributed by atoms with van der Waals surface area (Å²) in [6.07, 6.45) is 1.97. The largest absolute Gasteiger partial charge is 0.492 e. The van der Waals surface area contributed by atoms with Crippen molar-refractivity contribution in [1.29, 1.82) is 5.26 Å². The lowest BCUT2D eigenvalue weighted by Crippen LogP contribution is -2.56. The molecule has 5 amide bonds. The molecule has 4 aromatic rings. The SMILES string of the molecule is CCCc1ccc(-c2nc(C)c(C(=O)N[C@@H](CCN)C(=O)N(C)[C@@H]3C(=O)N[C@@H](C)C(=O)N[C@H](C(=O)NCC#N)Cc4ccc(OCCN)c(c4)-c4cc3ccc4OCCN)c(C)n2)cc1. The van der Waals surface area contributed by atoms with Crippen molar-refractivity contribution in [2.24, 2.45) is 17.2 Å². The van der Waals surface area contributed by atoms with E-state index >= 15 is 0 Å². The van der Waals surface area contributed by atoms with Gasteiger partial charge < -0.3 is 52.8 Å². The molecule has 5 rings (SSSR count). The molecule has 0 spiro atoms. The summed E-state index contributed by atoms with van der Waals surface area (Å²) in [6, 6.07) is 15.0. The van der Waals surface area contributed by atoms with Crippen LogP contribution in [0, 0.1) is 25.2 Å². The van der Waals surface area contributed by atoms with E-state index in [1.807, 2.05) is 30.3 Å². The molecule has 18 nitrogen and oxygen atoms in total. The Morgan fingerprint density at radius 3 is 2.12 bits per heavy atom. The average Bonchev–Trinajstić information content (AvgIpc) is 3.28. The first-order valence-corrected chi connectivity index (χ1v) is 21.7. The number of likely N-dealkylation sites (N-methyl/N-ethyl adjacent to an activating group) is 1. The Morgan fingerprint density at radius 2 is 1.52 bits per heavy atom. The number of nitriles is 1. The molecular weight excluding hydrogens is 831 g/mol. The molecule has 10 N–H and O–H groups in total. The summed E-state index contributed by atoms with van der Waals surface area (Å²) >= 11 is 0. The molecule has 0 unspecified atom stereocenters. The number of aryl methyl sites for hydroxylation is 3. The van der Waals surface area contributed by atoms with Gasteiger partial charge in [-0.05, 0) is 81.1 Å². The van der Waals surface area contributed by atoms with Gasteiger partial charge in [-0.15, -0.1) is 0 Å². The van der Waals surface area contributed by atoms with Crippen molar-refractivity contribution in [2.75, 3.05) is 46.4 Å². The van der Waals surface area contributed by atoms with Crippen LogP contribution in [0.15, 0.2) is 60.7 Å². The van der Waals surface area contributed by atoms with E-state index in [1.54, 1.807) is 50.2 Å². The van der Waals surface area contributed by atoms with Crippen molar-refractivity contribution in [3.8, 4) is 40.1 Å². The number of carbonyl (C=O) groups excluding carboxylic acids is 5. The van der Waals surface area contributed by atoms with Crippen molar-refractivity contribution in [2.45, 2.75) is 77.5 Å². The Hall–Kier alpha value is -6.94. The lowest BCUT2D eigenvalue weighted by molar-refractivity contribution is -0.141. The number of benzene rings is 3. The molecule has 1 aliphatic rings. The van der Waals surface area contributed by atoms with E-state index in [9.17, 15) is 24.0 Å². The van der Waals surface area contributed by atoms with Crippen molar-refractivity contribution in [3.05, 3.63) is 94.3 Å². The minimum Gasteiger partial charge on any atom is -0.492 e. The minimum atomic E-state index is -1.40. The molecule has 3 aromatic carbocycles. The number of ether oxygens (including phenoxy) is 2. The third kappa shape index (κ3) is 12.2. The lowest BCUT2D eigenvalue weighted by atomic mass is 9.93. The van der Waals surface area contributed by atoms with E-state index in [2.05, 4.69) is 38.2 Å². The third-order valence-electron chi connectivity index (χ3n) is 10.9. The molecule has 0 saturated heterocycles. The summed E-state index contributed by atoms with van der Waals surface area (Å²) in [5, 5.41) is 19.9. The van der Waals surface area contributed by atoms with E-state index in [1.165, 1.54) is 24.4 Å². The summed E-state index contributed by atoms with van der Waals surface area (Å²) < 4.78 is 12.2. The molecule has 18 heteroatoms. The molecule has 1 aliphatic heterocycles. The number of hydrogen-bond acceptors (Lipinski definition) is 13. The number of nitrogens with one attached hydrogen (secondary N) is 4. The number of nitrogens with two attached hydrogens (primary N) is 3. The average molecular weight is 890 g/mol. The van der Waals surface area contributed by atoms with Gasteiger partial charge in [0.15, 0.2) is 5.82 Å². The van der Waals surface area contributed by atoms with Gasteiger partial charge in [-0.2, -0.15) is 5.26 Å². The highest BCUT2D eigenvalue weighted by Gasteiger charge is 2.36. The second kappa shape index (κ2) is 23.1. The molecule has 2 heterocycles. The zero-order valence-electron chi connectivity index (χ0n) is 37.5. The Labute approximate surface area is 379 Å². The smallest absolute Gasteiger partial charge is 0.255 e. The molecule has 344 valence electrons. The highest BCUT2D eigenvalue weighted by Crippen LogP contribution is 2.40. The summed E-state index contributed by atoms with van der Waals surface area (Å²) in [7, 11) is 1.42. The van der Waals surface area contributed by atoms with E-state index in [0.29, 0.717) is 51.0 Å². The predicted octanol–water partition coefficient (Wildman–Crippen LogP) is 1.89. The van der Waals surface area contributed by atoms with Gasteiger partial charge in [-0.3, -0.25) is 24.0 Å². The molecule has 65 heavy (non-hydrogen) atoms. The second-order valence-electron chi connectivity index (χ2n) is 15.7. The second-order valence-corrected chi connectivity index (χ2v) is 15.7. The van der Waals surface area contributed by atoms with Gasteiger partial charge in [0.2, 0.25) is 23.6 Å². The molecule has 4 bridgehead atoms. The number of aromatic nitrogens is 2. The Balaban J connectivity index is 1.57. The number of amides is 5. The standard InChI is InChI=1S/C47H59N11O7/c1-6-7-30-8-11-32(12-9-30)42-53-27(2)40(28(3)54-42)45(61)56-36(16-17-48)47(63)58(5)41-33-13-15-39(65-23-20-51)35(26-33)34-24-31(10-14-38(34)64-22-19-50)25-37(44(60)52-21-18-49)57-43(59)29(4)55-46(41)62/h8-15,24,26,29,36-37,41H,6-7,16-17,19-23,25,48,50-51H2,1-5H3,(H,52,60)(H,55,62)(H,56,61)(H,57,59)/t29-,36-,37-,41-/m0/s1. The maximum Gasteiger partial charge on any atom is 0.255 e. The van der Waals surface area contributed by atoms with Crippen LogP contribution in [-0.2, 0) is 32.0 Å². The number of hydrogen-bond donors (Lipinski definition) is 7. The Morgan fingerprint density at radius 1 is 0.892 bits per heavy atom. The van der Waals surface area contributed by atoms with Gasteiger partial charge in [0.25, 0.3) is 5.91 Å². The lowest BCUT2D eigenvalue weighted by Gasteiger charge is -2.32. The Kier molecular flexibility index (Phi) is 17.5. The van der Waals surface area contributed by atoms with Crippen LogP contribution < -0.4 is 47.9 Å². The fourth-order valence-electron chi connectivity index (χ4n) is 7.64. The maximum absolute atomic E-state index is 14.7. The van der Waals surface area contributed by atoms with E-state index in [4.69, 9.17) is 31.9 Å². The van der Waals surface area contributed by atoms with Crippen LogP contribution in [0.1, 0.15) is 71.2 Å². The number of rotatable bonds is 17. The van der Waals surface area contributed by atoms with E-state index in [-0.39, 0.29) is 57.8 Å². The predicted molar refractivity (Wildman–Crippen MR) is 244 cm³/mol. The third-order valence-corrected chi connectivity index (χ3v) is 10.9. The zero-order chi connectivity index (χ0) is 47.2. The molecule has 1 aromatic heterocycles. The molecule has 4 atom stereocenters. The monoisotopic (exact) mass is 889 g/mol. The van der Waals surface area contributed by atoms with Crippen LogP contribution in [0.3, 0.4) is 0 Å². The summed E-state index contributed by atoms with van der Waals surface area (Å²) in [4.78, 5) is 80.9. The Bertz CT molecular complexity index is 2380. The molecule has 0 saturated carbocycles. The normalized spacial score (nSPS) is 16.4. The van der Waals surface area contributed by atoms with Gasteiger partial charge in [-0.25, -0.2) is 9.97 Å². The first-order chi connectivity index (χ1) is 31.2. The molecule has 0 fully saturated rings. The molecule has 0 aliphatic carbocycles. The summed E-state index contributed by atoms with van der Waals surface area (Å²) in [6.45, 7) is 7.32. The highest BCUT2D eigenvalue weighted by molar-refractivity contribution is 6.00. The quantitative estimate of drug-likeness (QED) is 0.0747. The van der Waals surface area contributed by atoms with Crippen LogP contribution in [0.4, 0.5) is 0 Å². The van der Waals surface area contributed by atoms with E-state index < -0.39 is 53.7 Å². The van der Waals surface area contributed by atoms with Gasteiger partial charge in [0, 0.05) is 43.2 Å². The molecular formula is C47H59N11O7. The van der Waals surface area contributed by atoms with Crippen molar-refractivity contribution in [1.82, 2.24) is 36.1 Å². The molecule has 0 radical (unpaired) electrons.